The van der Waals surface area contributed by atoms with Crippen molar-refractivity contribution in [2.45, 2.75) is 32.4 Å². The Balaban J connectivity index is 2.06. The van der Waals surface area contributed by atoms with E-state index in [1.54, 1.807) is 0 Å². The summed E-state index contributed by atoms with van der Waals surface area (Å²) >= 11 is 6.75. The predicted molar refractivity (Wildman–Crippen MR) is 89.8 cm³/mol. The van der Waals surface area contributed by atoms with Crippen molar-refractivity contribution >= 4 is 23.6 Å². The molecule has 2 rings (SSSR count). The predicted octanol–water partition coefficient (Wildman–Crippen LogP) is 5.30. The van der Waals surface area contributed by atoms with Crippen molar-refractivity contribution in [3.05, 3.63) is 54.6 Å². The largest absolute Gasteiger partial charge is 0.457 e. The Morgan fingerprint density at radius 1 is 0.950 bits per heavy atom. The summed E-state index contributed by atoms with van der Waals surface area (Å²) in [6.07, 6.45) is 2.40. The minimum absolute atomic E-state index is 0.858. The minimum Gasteiger partial charge on any atom is -0.457 e. The normalized spacial score (nSPS) is 13.8. The van der Waals surface area contributed by atoms with E-state index in [0.717, 1.165) is 17.5 Å². The Hall–Kier alpha value is -1.25. The summed E-state index contributed by atoms with van der Waals surface area (Å²) in [5.41, 5.74) is 0. The van der Waals surface area contributed by atoms with E-state index in [1.807, 2.05) is 42.5 Å². The van der Waals surface area contributed by atoms with E-state index in [1.165, 1.54) is 18.0 Å². The third-order valence-electron chi connectivity index (χ3n) is 3.43. The molecule has 0 aliphatic carbocycles. The maximum Gasteiger partial charge on any atom is 0.183 e. The SMILES string of the molecule is CCCC[Si](C)(Cl)c1ccc(Oc2ccccc2)cc1. The van der Waals surface area contributed by atoms with Crippen molar-refractivity contribution in [3.63, 3.8) is 0 Å². The Morgan fingerprint density at radius 2 is 1.55 bits per heavy atom. The molecule has 1 atom stereocenters. The van der Waals surface area contributed by atoms with Crippen LogP contribution in [0.4, 0.5) is 0 Å². The molecule has 20 heavy (non-hydrogen) atoms. The fourth-order valence-corrected chi connectivity index (χ4v) is 5.09. The average molecular weight is 305 g/mol. The molecule has 0 aromatic heterocycles. The summed E-state index contributed by atoms with van der Waals surface area (Å²) in [7, 11) is -1.80. The van der Waals surface area contributed by atoms with Crippen LogP contribution < -0.4 is 9.92 Å². The van der Waals surface area contributed by atoms with Gasteiger partial charge >= 0.3 is 0 Å². The summed E-state index contributed by atoms with van der Waals surface area (Å²) in [5, 5.41) is 1.29. The molecule has 0 saturated carbocycles. The number of para-hydroxylation sites is 1. The molecule has 0 amide bonds. The molecule has 0 saturated heterocycles. The fourth-order valence-electron chi connectivity index (χ4n) is 2.15. The molecule has 2 aromatic rings. The minimum atomic E-state index is -1.80. The van der Waals surface area contributed by atoms with E-state index in [9.17, 15) is 0 Å². The summed E-state index contributed by atoms with van der Waals surface area (Å²) in [6, 6.07) is 19.2. The first-order chi connectivity index (χ1) is 9.62. The van der Waals surface area contributed by atoms with E-state index < -0.39 is 7.38 Å². The van der Waals surface area contributed by atoms with Gasteiger partial charge in [0, 0.05) is 0 Å². The number of hydrogen-bond acceptors (Lipinski definition) is 1. The average Bonchev–Trinajstić information content (AvgIpc) is 2.47. The van der Waals surface area contributed by atoms with Crippen molar-refractivity contribution in [2.24, 2.45) is 0 Å². The van der Waals surface area contributed by atoms with E-state index in [-0.39, 0.29) is 0 Å². The zero-order chi connectivity index (χ0) is 14.4. The van der Waals surface area contributed by atoms with Gasteiger partial charge in [0.15, 0.2) is 7.38 Å². The van der Waals surface area contributed by atoms with Gasteiger partial charge in [0.2, 0.25) is 0 Å². The highest BCUT2D eigenvalue weighted by atomic mass is 35.6. The van der Waals surface area contributed by atoms with Gasteiger partial charge in [-0.1, -0.05) is 56.6 Å². The smallest absolute Gasteiger partial charge is 0.183 e. The third kappa shape index (κ3) is 4.12. The summed E-state index contributed by atoms with van der Waals surface area (Å²) in [5.74, 6) is 1.72. The van der Waals surface area contributed by atoms with E-state index in [0.29, 0.717) is 0 Å². The zero-order valence-corrected chi connectivity index (χ0v) is 13.9. The fraction of sp³-hybridized carbons (Fsp3) is 0.294. The Labute approximate surface area is 127 Å². The van der Waals surface area contributed by atoms with Gasteiger partial charge in [-0.15, -0.1) is 0 Å². The molecule has 1 nitrogen and oxygen atoms in total. The zero-order valence-electron chi connectivity index (χ0n) is 12.1. The number of hydrogen-bond donors (Lipinski definition) is 0. The van der Waals surface area contributed by atoms with Crippen LogP contribution in [-0.4, -0.2) is 7.38 Å². The molecule has 0 aliphatic rings. The van der Waals surface area contributed by atoms with Gasteiger partial charge in [0.05, 0.1) is 0 Å². The first-order valence-electron chi connectivity index (χ1n) is 7.14. The van der Waals surface area contributed by atoms with Crippen molar-refractivity contribution in [1.82, 2.24) is 0 Å². The van der Waals surface area contributed by atoms with Crippen molar-refractivity contribution in [3.8, 4) is 11.5 Å². The lowest BCUT2D eigenvalue weighted by molar-refractivity contribution is 0.483. The third-order valence-corrected chi connectivity index (χ3v) is 7.49. The lowest BCUT2D eigenvalue weighted by Crippen LogP contribution is -2.38. The molecule has 0 radical (unpaired) electrons. The summed E-state index contributed by atoms with van der Waals surface area (Å²) < 4.78 is 5.80. The van der Waals surface area contributed by atoms with Crippen LogP contribution in [0.5, 0.6) is 11.5 Å². The highest BCUT2D eigenvalue weighted by Gasteiger charge is 2.26. The van der Waals surface area contributed by atoms with Crippen LogP contribution in [-0.2, 0) is 0 Å². The van der Waals surface area contributed by atoms with Gasteiger partial charge in [-0.25, -0.2) is 0 Å². The summed E-state index contributed by atoms with van der Waals surface area (Å²) in [6.45, 7) is 4.43. The van der Waals surface area contributed by atoms with Gasteiger partial charge in [-0.2, -0.15) is 11.1 Å². The molecule has 1 unspecified atom stereocenters. The quantitative estimate of drug-likeness (QED) is 0.520. The van der Waals surface area contributed by atoms with Crippen molar-refractivity contribution in [1.29, 1.82) is 0 Å². The molecule has 0 aliphatic heterocycles. The molecule has 0 bridgehead atoms. The van der Waals surface area contributed by atoms with Gasteiger partial charge in [0.1, 0.15) is 11.5 Å². The number of halogens is 1. The second kappa shape index (κ2) is 6.96. The first-order valence-corrected chi connectivity index (χ1v) is 10.9. The first kappa shape index (κ1) is 15.1. The van der Waals surface area contributed by atoms with Crippen LogP contribution in [0.2, 0.25) is 12.6 Å². The topological polar surface area (TPSA) is 9.23 Å². The second-order valence-corrected chi connectivity index (χ2v) is 11.2. The van der Waals surface area contributed by atoms with Crippen LogP contribution in [0, 0.1) is 0 Å². The molecule has 0 heterocycles. The van der Waals surface area contributed by atoms with E-state index in [2.05, 4.69) is 25.6 Å². The number of ether oxygens (including phenoxy) is 1. The molecule has 0 N–H and O–H groups in total. The standard InChI is InChI=1S/C17H21ClOSi/c1-3-4-14-20(2,18)17-12-10-16(11-13-17)19-15-8-6-5-7-9-15/h5-13H,3-4,14H2,1-2H3. The van der Waals surface area contributed by atoms with Crippen molar-refractivity contribution < 1.29 is 4.74 Å². The maximum absolute atomic E-state index is 6.75. The van der Waals surface area contributed by atoms with Gasteiger partial charge in [-0.3, -0.25) is 0 Å². The highest BCUT2D eigenvalue weighted by Crippen LogP contribution is 2.23. The highest BCUT2D eigenvalue weighted by molar-refractivity contribution is 7.26. The Kier molecular flexibility index (Phi) is 5.27. The van der Waals surface area contributed by atoms with Crippen LogP contribution in [0.15, 0.2) is 54.6 Å². The monoisotopic (exact) mass is 304 g/mol. The second-order valence-electron chi connectivity index (χ2n) is 5.24. The lowest BCUT2D eigenvalue weighted by Gasteiger charge is -2.19. The summed E-state index contributed by atoms with van der Waals surface area (Å²) in [4.78, 5) is 0. The van der Waals surface area contributed by atoms with Crippen LogP contribution in [0.25, 0.3) is 0 Å². The Morgan fingerprint density at radius 3 is 2.15 bits per heavy atom. The molecule has 2 aromatic carbocycles. The molecule has 3 heteroatoms. The van der Waals surface area contributed by atoms with Crippen molar-refractivity contribution in [2.75, 3.05) is 0 Å². The molecular weight excluding hydrogens is 284 g/mol. The maximum atomic E-state index is 6.75. The number of rotatable bonds is 6. The van der Waals surface area contributed by atoms with Gasteiger partial charge in [-0.05, 0) is 35.5 Å². The molecular formula is C17H21ClOSi. The molecule has 0 fully saturated rings. The van der Waals surface area contributed by atoms with Gasteiger partial charge in [0.25, 0.3) is 0 Å². The number of benzene rings is 2. The lowest BCUT2D eigenvalue weighted by atomic mass is 10.3. The van der Waals surface area contributed by atoms with Crippen LogP contribution in [0.1, 0.15) is 19.8 Å². The molecule has 0 spiro atoms. The molecule has 106 valence electrons. The number of unbranched alkanes of at least 4 members (excludes halogenated alkanes) is 1. The Bertz CT molecular complexity index is 522. The van der Waals surface area contributed by atoms with Gasteiger partial charge < -0.3 is 4.74 Å². The van der Waals surface area contributed by atoms with E-state index in [4.69, 9.17) is 15.8 Å². The van der Waals surface area contributed by atoms with E-state index >= 15 is 0 Å². The van der Waals surface area contributed by atoms with Crippen LogP contribution in [0.3, 0.4) is 0 Å². The van der Waals surface area contributed by atoms with Crippen LogP contribution >= 0.6 is 11.1 Å².